The summed E-state index contributed by atoms with van der Waals surface area (Å²) in [6.07, 6.45) is 4.05. The van der Waals surface area contributed by atoms with E-state index in [1.54, 1.807) is 18.2 Å². The topological polar surface area (TPSA) is 84.5 Å². The molecule has 22 heavy (non-hydrogen) atoms. The highest BCUT2D eigenvalue weighted by Gasteiger charge is 2.18. The first kappa shape index (κ1) is 16.7. The highest BCUT2D eigenvalue weighted by molar-refractivity contribution is 14.1. The van der Waals surface area contributed by atoms with Gasteiger partial charge >= 0.3 is 12.0 Å². The van der Waals surface area contributed by atoms with E-state index in [1.165, 1.54) is 0 Å². The summed E-state index contributed by atoms with van der Waals surface area (Å²) in [5, 5.41) is 4.88. The van der Waals surface area contributed by atoms with Gasteiger partial charge in [0.05, 0.1) is 5.56 Å². The van der Waals surface area contributed by atoms with E-state index in [0.717, 1.165) is 29.3 Å². The second kappa shape index (κ2) is 8.11. The molecule has 1 aliphatic carbocycles. The number of hydrogen-bond donors (Lipinski definition) is 2. The van der Waals surface area contributed by atoms with E-state index >= 15 is 0 Å². The van der Waals surface area contributed by atoms with Gasteiger partial charge in [0.15, 0.2) is 6.61 Å². The molecule has 1 saturated carbocycles. The molecule has 1 fully saturated rings. The second-order valence-electron chi connectivity index (χ2n) is 5.09. The van der Waals surface area contributed by atoms with Crippen LogP contribution in [0.2, 0.25) is 0 Å². The number of hydrogen-bond acceptors (Lipinski definition) is 4. The molecule has 0 atom stereocenters. The third-order valence-corrected chi connectivity index (χ3v) is 4.01. The van der Waals surface area contributed by atoms with Gasteiger partial charge in [-0.25, -0.2) is 9.59 Å². The minimum Gasteiger partial charge on any atom is -0.452 e. The van der Waals surface area contributed by atoms with Gasteiger partial charge in [-0.15, -0.1) is 0 Å². The number of esters is 1. The van der Waals surface area contributed by atoms with E-state index in [9.17, 15) is 14.4 Å². The SMILES string of the molecule is O=C(COC(=O)c1cccc(I)c1)NC(=O)NC1CCCC1. The average Bonchev–Trinajstić information content (AvgIpc) is 2.97. The standard InChI is InChI=1S/C15H17IN2O4/c16-11-5-3-4-10(8-11)14(20)22-9-13(19)18-15(21)17-12-6-1-2-7-12/h3-5,8,12H,1-2,6-7,9H2,(H2,17,18,19,21). The third kappa shape index (κ3) is 5.28. The Kier molecular flexibility index (Phi) is 6.17. The highest BCUT2D eigenvalue weighted by atomic mass is 127. The largest absolute Gasteiger partial charge is 0.452 e. The minimum absolute atomic E-state index is 0.127. The normalized spacial score (nSPS) is 14.4. The van der Waals surface area contributed by atoms with Crippen LogP contribution in [0.5, 0.6) is 0 Å². The quantitative estimate of drug-likeness (QED) is 0.583. The van der Waals surface area contributed by atoms with Crippen LogP contribution < -0.4 is 10.6 Å². The first-order chi connectivity index (χ1) is 10.5. The number of carbonyl (C=O) groups is 3. The van der Waals surface area contributed by atoms with Crippen LogP contribution in [0.25, 0.3) is 0 Å². The fourth-order valence-corrected chi connectivity index (χ4v) is 2.83. The van der Waals surface area contributed by atoms with Crippen LogP contribution in [0.1, 0.15) is 36.0 Å². The molecule has 0 heterocycles. The van der Waals surface area contributed by atoms with Gasteiger partial charge in [0, 0.05) is 9.61 Å². The van der Waals surface area contributed by atoms with Crippen molar-refractivity contribution in [3.8, 4) is 0 Å². The van der Waals surface area contributed by atoms with Gasteiger partial charge in [-0.1, -0.05) is 18.9 Å². The van der Waals surface area contributed by atoms with Gasteiger partial charge in [-0.05, 0) is 53.6 Å². The molecule has 1 aromatic rings. The fourth-order valence-electron chi connectivity index (χ4n) is 2.28. The predicted octanol–water partition coefficient (Wildman–Crippen LogP) is 2.22. The van der Waals surface area contributed by atoms with Gasteiger partial charge in [0.25, 0.3) is 5.91 Å². The molecule has 0 unspecified atom stereocenters. The molecule has 2 N–H and O–H groups in total. The molecule has 0 aromatic heterocycles. The Morgan fingerprint density at radius 2 is 1.95 bits per heavy atom. The maximum absolute atomic E-state index is 11.8. The third-order valence-electron chi connectivity index (χ3n) is 3.34. The van der Waals surface area contributed by atoms with E-state index in [1.807, 2.05) is 6.07 Å². The molecule has 0 spiro atoms. The van der Waals surface area contributed by atoms with E-state index in [0.29, 0.717) is 5.56 Å². The molecule has 118 valence electrons. The van der Waals surface area contributed by atoms with Crippen molar-refractivity contribution in [2.24, 2.45) is 0 Å². The summed E-state index contributed by atoms with van der Waals surface area (Å²) in [5.41, 5.74) is 0.370. The molecule has 0 radical (unpaired) electrons. The summed E-state index contributed by atoms with van der Waals surface area (Å²) in [5.74, 6) is -1.24. The zero-order chi connectivity index (χ0) is 15.9. The van der Waals surface area contributed by atoms with Crippen LogP contribution in [0, 0.1) is 3.57 Å². The number of nitrogens with one attached hydrogen (secondary N) is 2. The van der Waals surface area contributed by atoms with Crippen molar-refractivity contribution >= 4 is 40.5 Å². The molecule has 3 amide bonds. The summed E-state index contributed by atoms with van der Waals surface area (Å²) in [7, 11) is 0. The van der Waals surface area contributed by atoms with Gasteiger partial charge < -0.3 is 10.1 Å². The molecular formula is C15H17IN2O4. The molecule has 0 saturated heterocycles. The van der Waals surface area contributed by atoms with Crippen LogP contribution in [-0.4, -0.2) is 30.6 Å². The van der Waals surface area contributed by atoms with E-state index in [4.69, 9.17) is 4.74 Å². The van der Waals surface area contributed by atoms with Crippen molar-refractivity contribution < 1.29 is 19.1 Å². The highest BCUT2D eigenvalue weighted by Crippen LogP contribution is 2.17. The van der Waals surface area contributed by atoms with Crippen molar-refractivity contribution in [1.82, 2.24) is 10.6 Å². The van der Waals surface area contributed by atoms with Crippen molar-refractivity contribution in [3.05, 3.63) is 33.4 Å². The van der Waals surface area contributed by atoms with Crippen LogP contribution >= 0.6 is 22.6 Å². The molecule has 1 aromatic carbocycles. The lowest BCUT2D eigenvalue weighted by Gasteiger charge is -2.12. The number of imide groups is 1. The zero-order valence-electron chi connectivity index (χ0n) is 11.9. The molecule has 0 bridgehead atoms. The first-order valence-electron chi connectivity index (χ1n) is 7.07. The lowest BCUT2D eigenvalue weighted by Crippen LogP contribution is -2.44. The Labute approximate surface area is 142 Å². The molecule has 2 rings (SSSR count). The van der Waals surface area contributed by atoms with Gasteiger partial charge in [-0.2, -0.15) is 0 Å². The summed E-state index contributed by atoms with van der Waals surface area (Å²) < 4.78 is 5.78. The van der Waals surface area contributed by atoms with Gasteiger partial charge in [0.2, 0.25) is 0 Å². The van der Waals surface area contributed by atoms with Crippen molar-refractivity contribution in [1.29, 1.82) is 0 Å². The van der Waals surface area contributed by atoms with Crippen LogP contribution in [0.15, 0.2) is 24.3 Å². The Morgan fingerprint density at radius 3 is 2.64 bits per heavy atom. The lowest BCUT2D eigenvalue weighted by molar-refractivity contribution is -0.123. The van der Waals surface area contributed by atoms with Crippen LogP contribution in [-0.2, 0) is 9.53 Å². The van der Waals surface area contributed by atoms with Gasteiger partial charge in [0.1, 0.15) is 0 Å². The second-order valence-corrected chi connectivity index (χ2v) is 6.34. The summed E-state index contributed by atoms with van der Waals surface area (Å²) in [6.45, 7) is -0.484. The smallest absolute Gasteiger partial charge is 0.338 e. The number of carbonyl (C=O) groups excluding carboxylic acids is 3. The molecule has 7 heteroatoms. The number of urea groups is 1. The first-order valence-corrected chi connectivity index (χ1v) is 8.15. The Bertz CT molecular complexity index is 570. The van der Waals surface area contributed by atoms with Crippen LogP contribution in [0.3, 0.4) is 0 Å². The molecule has 0 aliphatic heterocycles. The molecule has 6 nitrogen and oxygen atoms in total. The number of ether oxygens (including phenoxy) is 1. The Balaban J connectivity index is 1.72. The summed E-state index contributed by atoms with van der Waals surface area (Å²) in [6, 6.07) is 6.43. The molecular weight excluding hydrogens is 399 g/mol. The van der Waals surface area contributed by atoms with E-state index in [2.05, 4.69) is 33.2 Å². The predicted molar refractivity (Wildman–Crippen MR) is 88.4 cm³/mol. The minimum atomic E-state index is -0.644. The maximum Gasteiger partial charge on any atom is 0.338 e. The van der Waals surface area contributed by atoms with Gasteiger partial charge in [-0.3, -0.25) is 10.1 Å². The molecule has 1 aliphatic rings. The monoisotopic (exact) mass is 416 g/mol. The van der Waals surface area contributed by atoms with E-state index < -0.39 is 24.5 Å². The number of amides is 3. The summed E-state index contributed by atoms with van der Waals surface area (Å²) in [4.78, 5) is 34.9. The number of benzene rings is 1. The van der Waals surface area contributed by atoms with Crippen molar-refractivity contribution in [3.63, 3.8) is 0 Å². The zero-order valence-corrected chi connectivity index (χ0v) is 14.1. The maximum atomic E-state index is 11.8. The fraction of sp³-hybridized carbons (Fsp3) is 0.400. The average molecular weight is 416 g/mol. The Hall–Kier alpha value is -1.64. The Morgan fingerprint density at radius 1 is 1.23 bits per heavy atom. The van der Waals surface area contributed by atoms with Crippen molar-refractivity contribution in [2.75, 3.05) is 6.61 Å². The van der Waals surface area contributed by atoms with Crippen molar-refractivity contribution in [2.45, 2.75) is 31.7 Å². The number of rotatable bonds is 4. The summed E-state index contributed by atoms with van der Waals surface area (Å²) >= 11 is 2.08. The van der Waals surface area contributed by atoms with E-state index in [-0.39, 0.29) is 6.04 Å². The lowest BCUT2D eigenvalue weighted by atomic mass is 10.2. The van der Waals surface area contributed by atoms with Crippen LogP contribution in [0.4, 0.5) is 4.79 Å². The number of halogens is 1.